The second-order valence-electron chi connectivity index (χ2n) is 6.66. The molecule has 3 aromatic carbocycles. The zero-order chi connectivity index (χ0) is 20.8. The van der Waals surface area contributed by atoms with Gasteiger partial charge in [0, 0.05) is 20.2 Å². The van der Waals surface area contributed by atoms with Gasteiger partial charge in [0.15, 0.2) is 0 Å². The molecule has 0 atom stereocenters. The van der Waals surface area contributed by atoms with Gasteiger partial charge in [-0.15, -0.1) is 0 Å². The number of rotatable bonds is 2. The van der Waals surface area contributed by atoms with Crippen LogP contribution in [0.4, 0.5) is 0 Å². The van der Waals surface area contributed by atoms with Crippen LogP contribution in [-0.4, -0.2) is 33.6 Å². The van der Waals surface area contributed by atoms with Gasteiger partial charge in [-0.1, -0.05) is 47.0 Å². The Morgan fingerprint density at radius 2 is 1.07 bits per heavy atom. The molecule has 0 aliphatic carbocycles. The van der Waals surface area contributed by atoms with Gasteiger partial charge in [-0.05, 0) is 68.8 Å². The molecular formula is C22H16O4S4. The Labute approximate surface area is 189 Å². The molecule has 2 aliphatic rings. The van der Waals surface area contributed by atoms with Crippen molar-refractivity contribution in [3.8, 4) is 11.5 Å². The smallest absolute Gasteiger partial charge is 0.116 e. The van der Waals surface area contributed by atoms with E-state index in [2.05, 4.69) is 0 Å². The summed E-state index contributed by atoms with van der Waals surface area (Å²) >= 11 is 6.19. The molecule has 2 heterocycles. The number of aromatic hydroxyl groups is 2. The summed E-state index contributed by atoms with van der Waals surface area (Å²) in [4.78, 5) is 1.48. The van der Waals surface area contributed by atoms with Crippen molar-refractivity contribution < 1.29 is 20.4 Å². The van der Waals surface area contributed by atoms with Gasteiger partial charge < -0.3 is 20.4 Å². The average molecular weight is 473 g/mol. The van der Waals surface area contributed by atoms with Crippen LogP contribution in [0, 0.1) is 0 Å². The lowest BCUT2D eigenvalue weighted by Crippen LogP contribution is -2.16. The first kappa shape index (κ1) is 20.2. The van der Waals surface area contributed by atoms with E-state index in [1.165, 1.54) is 23.5 Å². The van der Waals surface area contributed by atoms with Gasteiger partial charge >= 0.3 is 0 Å². The summed E-state index contributed by atoms with van der Waals surface area (Å²) in [5, 5.41) is 49.8. The molecule has 0 amide bonds. The van der Waals surface area contributed by atoms with Crippen molar-refractivity contribution in [2.75, 3.05) is 13.2 Å². The summed E-state index contributed by atoms with van der Waals surface area (Å²) in [7, 11) is 0. The fourth-order valence-corrected chi connectivity index (χ4v) is 8.19. The van der Waals surface area contributed by atoms with Crippen molar-refractivity contribution in [3.63, 3.8) is 0 Å². The Kier molecular flexibility index (Phi) is 5.47. The Morgan fingerprint density at radius 1 is 0.600 bits per heavy atom. The van der Waals surface area contributed by atoms with E-state index >= 15 is 0 Å². The third-order valence-corrected chi connectivity index (χ3v) is 9.71. The van der Waals surface area contributed by atoms with Crippen LogP contribution in [-0.2, 0) is 0 Å². The Hall–Kier alpha value is -1.68. The number of hydrogen-bond acceptors (Lipinski definition) is 8. The van der Waals surface area contributed by atoms with Crippen LogP contribution in [0.15, 0.2) is 57.0 Å². The second kappa shape index (κ2) is 8.11. The quantitative estimate of drug-likeness (QED) is 0.414. The lowest BCUT2D eigenvalue weighted by Gasteiger charge is -2.12. The van der Waals surface area contributed by atoms with Crippen molar-refractivity contribution >= 4 is 77.1 Å². The van der Waals surface area contributed by atoms with E-state index in [0.717, 1.165) is 50.3 Å². The molecule has 0 fully saturated rings. The second-order valence-corrected chi connectivity index (χ2v) is 11.2. The maximum Gasteiger partial charge on any atom is 0.116 e. The molecule has 0 aromatic heterocycles. The van der Waals surface area contributed by atoms with Crippen LogP contribution in [0.1, 0.15) is 0 Å². The summed E-state index contributed by atoms with van der Waals surface area (Å²) < 4.78 is 2.06. The van der Waals surface area contributed by atoms with Crippen LogP contribution in [0.25, 0.3) is 30.0 Å². The summed E-state index contributed by atoms with van der Waals surface area (Å²) in [6.45, 7) is -0.262. The first-order valence-electron chi connectivity index (χ1n) is 9.04. The number of benzene rings is 3. The fraction of sp³-hybridized carbons (Fsp3) is 0.0909. The summed E-state index contributed by atoms with van der Waals surface area (Å²) in [5.74, 6) is 0.366. The van der Waals surface area contributed by atoms with E-state index < -0.39 is 0 Å². The van der Waals surface area contributed by atoms with E-state index in [1.807, 2.05) is 22.9 Å². The predicted molar refractivity (Wildman–Crippen MR) is 132 cm³/mol. The summed E-state index contributed by atoms with van der Waals surface area (Å²) in [5.41, 5.74) is 0. The van der Waals surface area contributed by atoms with Crippen LogP contribution >= 0.6 is 47.0 Å². The van der Waals surface area contributed by atoms with Gasteiger partial charge in [0.1, 0.15) is 11.5 Å². The maximum absolute atomic E-state index is 10.3. The van der Waals surface area contributed by atoms with Crippen molar-refractivity contribution in [2.24, 2.45) is 0 Å². The molecule has 4 N–H and O–H groups in total. The van der Waals surface area contributed by atoms with Gasteiger partial charge in [0.25, 0.3) is 0 Å². The van der Waals surface area contributed by atoms with Gasteiger partial charge in [-0.25, -0.2) is 0 Å². The molecule has 8 heteroatoms. The number of hydrogen-bond donors (Lipinski definition) is 4. The van der Waals surface area contributed by atoms with Crippen molar-refractivity contribution in [1.29, 1.82) is 0 Å². The van der Waals surface area contributed by atoms with Crippen LogP contribution in [0.5, 0.6) is 11.5 Å². The molecule has 152 valence electrons. The molecule has 0 saturated carbocycles. The fourth-order valence-electron chi connectivity index (χ4n) is 3.67. The Balaban J connectivity index is 2.01. The number of fused-ring (bicyclic) bond motifs is 2. The summed E-state index contributed by atoms with van der Waals surface area (Å²) in [6.07, 6.45) is 0. The molecule has 5 rings (SSSR count). The highest BCUT2D eigenvalue weighted by Gasteiger charge is 2.23. The largest absolute Gasteiger partial charge is 0.508 e. The van der Waals surface area contributed by atoms with Crippen molar-refractivity contribution in [1.82, 2.24) is 0 Å². The first-order valence-corrected chi connectivity index (χ1v) is 12.4. The van der Waals surface area contributed by atoms with Gasteiger partial charge in [0.05, 0.1) is 21.7 Å². The normalized spacial score (nSPS) is 16.6. The minimum absolute atomic E-state index is 0.131. The zero-order valence-electron chi connectivity index (χ0n) is 15.5. The topological polar surface area (TPSA) is 80.9 Å². The van der Waals surface area contributed by atoms with E-state index in [4.69, 9.17) is 0 Å². The highest BCUT2D eigenvalue weighted by atomic mass is 32.2. The molecule has 0 radical (unpaired) electrons. The van der Waals surface area contributed by atoms with E-state index in [-0.39, 0.29) is 24.7 Å². The predicted octanol–water partition coefficient (Wildman–Crippen LogP) is 4.16. The lowest BCUT2D eigenvalue weighted by atomic mass is 9.98. The molecule has 30 heavy (non-hydrogen) atoms. The van der Waals surface area contributed by atoms with Crippen molar-refractivity contribution in [3.05, 3.63) is 67.5 Å². The molecule has 3 aromatic rings. The molecule has 0 spiro atoms. The van der Waals surface area contributed by atoms with Gasteiger partial charge in [0.2, 0.25) is 0 Å². The molecular weight excluding hydrogens is 457 g/mol. The van der Waals surface area contributed by atoms with E-state index in [1.54, 1.807) is 47.8 Å². The third kappa shape index (κ3) is 3.32. The molecule has 0 unspecified atom stereocenters. The maximum atomic E-state index is 10.3. The third-order valence-electron chi connectivity index (χ3n) is 4.93. The Bertz CT molecular complexity index is 1360. The lowest BCUT2D eigenvalue weighted by molar-refractivity contribution is 0.324. The standard InChI is InChI=1S/C22H16O4S4/c23-9-17-18(10-24)30-22(29-17)20-14-4-2-11(25)7-15(14)19(21-27-5-6-28-21)13-3-1-12(26)8-16(13)20/h1-8,23-26H,9-10H2. The van der Waals surface area contributed by atoms with Crippen LogP contribution < -0.4 is 10.4 Å². The Morgan fingerprint density at radius 3 is 1.53 bits per heavy atom. The monoisotopic (exact) mass is 472 g/mol. The summed E-state index contributed by atoms with van der Waals surface area (Å²) in [6, 6.07) is 10.7. The van der Waals surface area contributed by atoms with Gasteiger partial charge in [-0.2, -0.15) is 0 Å². The molecule has 4 nitrogen and oxygen atoms in total. The molecule has 2 aliphatic heterocycles. The minimum atomic E-state index is -0.131. The van der Waals surface area contributed by atoms with Crippen molar-refractivity contribution in [2.45, 2.75) is 0 Å². The molecule has 0 saturated heterocycles. The average Bonchev–Trinajstić information content (AvgIpc) is 3.41. The number of phenols is 2. The van der Waals surface area contributed by atoms with Crippen LogP contribution in [0.3, 0.4) is 0 Å². The van der Waals surface area contributed by atoms with E-state index in [9.17, 15) is 20.4 Å². The SMILES string of the molecule is OCC1=C(CO)SC(=c2c3ccc(O)cc3c(=C3SC=CS3)c3ccc(O)cc23)S1. The zero-order valence-corrected chi connectivity index (χ0v) is 18.7. The number of aliphatic hydroxyl groups excluding tert-OH is 2. The van der Waals surface area contributed by atoms with Crippen LogP contribution in [0.2, 0.25) is 0 Å². The highest BCUT2D eigenvalue weighted by Crippen LogP contribution is 2.50. The number of aliphatic hydroxyl groups is 2. The van der Waals surface area contributed by atoms with Gasteiger partial charge in [-0.3, -0.25) is 0 Å². The first-order chi connectivity index (χ1) is 14.6. The minimum Gasteiger partial charge on any atom is -0.508 e. The number of thioether (sulfide) groups is 4. The highest BCUT2D eigenvalue weighted by molar-refractivity contribution is 8.36. The van der Waals surface area contributed by atoms with E-state index in [0.29, 0.717) is 0 Å². The molecule has 0 bridgehead atoms. The number of phenolic OH excluding ortho intramolecular Hbond substituents is 2.